The number of fused-ring (bicyclic) bond motifs is 3. The van der Waals surface area contributed by atoms with E-state index in [2.05, 4.69) is 34.3 Å². The summed E-state index contributed by atoms with van der Waals surface area (Å²) in [5.74, 6) is 0.0733. The molecule has 7 rings (SSSR count). The second-order valence-corrected chi connectivity index (χ2v) is 14.7. The fraction of sp³-hybridized carbons (Fsp3) is 0.457. The van der Waals surface area contributed by atoms with Crippen LogP contribution in [0.4, 0.5) is 19.6 Å². The molecule has 6 heterocycles. The third-order valence-corrected chi connectivity index (χ3v) is 11.9. The van der Waals surface area contributed by atoms with E-state index in [1.54, 1.807) is 12.3 Å². The Labute approximate surface area is 292 Å². The quantitative estimate of drug-likeness (QED) is 0.152. The molecular formula is C35H37ClF2N8O2S. The largest absolute Gasteiger partial charge is 0.461 e. The lowest BCUT2D eigenvalue weighted by molar-refractivity contribution is -0.105. The van der Waals surface area contributed by atoms with Gasteiger partial charge in [0.25, 0.3) is 0 Å². The minimum absolute atomic E-state index is 0.0311. The number of rotatable bonds is 10. The molecule has 1 aromatic carbocycles. The third kappa shape index (κ3) is 5.68. The number of pyridine rings is 1. The van der Waals surface area contributed by atoms with E-state index in [4.69, 9.17) is 37.0 Å². The zero-order chi connectivity index (χ0) is 34.6. The van der Waals surface area contributed by atoms with Crippen LogP contribution in [-0.4, -0.2) is 94.7 Å². The lowest BCUT2D eigenvalue weighted by Gasteiger charge is -2.34. The molecule has 0 aliphatic carbocycles. The van der Waals surface area contributed by atoms with E-state index >= 15 is 0 Å². The molecule has 3 aliphatic rings. The van der Waals surface area contributed by atoms with Gasteiger partial charge in [0.1, 0.15) is 47.3 Å². The van der Waals surface area contributed by atoms with Crippen molar-refractivity contribution in [1.29, 1.82) is 5.26 Å². The van der Waals surface area contributed by atoms with Gasteiger partial charge in [-0.3, -0.25) is 19.6 Å². The molecular weight excluding hydrogens is 670 g/mol. The fourth-order valence-electron chi connectivity index (χ4n) is 8.22. The maximum absolute atomic E-state index is 14.9. The number of aromatic nitrogens is 3. The lowest BCUT2D eigenvalue weighted by atomic mass is 9.95. The number of ether oxygens (including phenoxy) is 1. The van der Waals surface area contributed by atoms with Crippen LogP contribution in [-0.2, 0) is 4.79 Å². The number of nitrogen functional groups attached to an aromatic ring is 1. The Bertz CT molecular complexity index is 2020. The van der Waals surface area contributed by atoms with Crippen molar-refractivity contribution in [2.24, 2.45) is 0 Å². The summed E-state index contributed by atoms with van der Waals surface area (Å²) in [6, 6.07) is 5.22. The van der Waals surface area contributed by atoms with Gasteiger partial charge in [-0.15, -0.1) is 11.3 Å². The number of thiophene rings is 1. The molecule has 0 unspecified atom stereocenters. The summed E-state index contributed by atoms with van der Waals surface area (Å²) >= 11 is 8.18. The minimum Gasteiger partial charge on any atom is -0.461 e. The van der Waals surface area contributed by atoms with Crippen LogP contribution in [0.15, 0.2) is 30.5 Å². The molecule has 0 bridgehead atoms. The number of benzene rings is 1. The van der Waals surface area contributed by atoms with E-state index in [-0.39, 0.29) is 45.0 Å². The summed E-state index contributed by atoms with van der Waals surface area (Å²) in [4.78, 5) is 32.4. The number of hydrogen-bond donors (Lipinski definition) is 1. The van der Waals surface area contributed by atoms with Crippen molar-refractivity contribution in [3.63, 3.8) is 0 Å². The monoisotopic (exact) mass is 706 g/mol. The van der Waals surface area contributed by atoms with E-state index < -0.39 is 17.5 Å². The topological polar surface area (TPSA) is 125 Å². The van der Waals surface area contributed by atoms with Crippen LogP contribution in [0, 0.1) is 17.1 Å². The van der Waals surface area contributed by atoms with E-state index in [1.165, 1.54) is 6.07 Å². The van der Waals surface area contributed by atoms with E-state index in [0.717, 1.165) is 56.4 Å². The highest BCUT2D eigenvalue weighted by Gasteiger charge is 2.49. The number of likely N-dealkylation sites (N-methyl/N-ethyl adjacent to an activating group) is 1. The van der Waals surface area contributed by atoms with Crippen molar-refractivity contribution < 1.29 is 18.3 Å². The molecule has 49 heavy (non-hydrogen) atoms. The number of nitrogens with zero attached hydrogens (tertiary/aromatic N) is 7. The number of nitriles is 1. The molecule has 3 fully saturated rings. The first-order chi connectivity index (χ1) is 23.6. The predicted molar refractivity (Wildman–Crippen MR) is 188 cm³/mol. The first kappa shape index (κ1) is 33.5. The second kappa shape index (κ2) is 13.1. The fourth-order valence-corrected chi connectivity index (χ4v) is 9.47. The normalized spacial score (nSPS) is 24.0. The standard InChI is InChI=1S/C35H37ClF2N8O2S/c1-4-25-26(8-11-45(25)15-19(2)17-47)44(3)33-23-14-41-29(21-6-7-24(38)31-27(21)22(13-39)32(40)49-31)28(36)30(23)42-34(43-33)48-18-35-9-5-10-46(35)16-20(37)12-35/h6-7,14,17,20,25-26H,2,4-5,8-12,15-16,18,40H2,1,3H3/t20-,25-,26-,35+/m1/s1. The van der Waals surface area contributed by atoms with Crippen LogP contribution in [0.25, 0.3) is 32.2 Å². The molecule has 256 valence electrons. The number of hydrogen-bond acceptors (Lipinski definition) is 11. The van der Waals surface area contributed by atoms with Crippen molar-refractivity contribution in [2.75, 3.05) is 50.5 Å². The molecule has 4 atom stereocenters. The van der Waals surface area contributed by atoms with Crippen molar-refractivity contribution in [2.45, 2.75) is 62.8 Å². The SMILES string of the molecule is C=C(C=O)CN1CC[C@@H](N(C)c2nc(OC[C@@]34CCCN3C[C@H](F)C4)nc3c(Cl)c(-c4ccc(F)c5sc(N)c(C#N)c45)ncc23)[C@H]1CC. The van der Waals surface area contributed by atoms with Gasteiger partial charge in [0.15, 0.2) is 0 Å². The third-order valence-electron chi connectivity index (χ3n) is 10.5. The number of carbonyl (C=O) groups excluding carboxylic acids is 1. The van der Waals surface area contributed by atoms with E-state index in [0.29, 0.717) is 58.4 Å². The Morgan fingerprint density at radius 2 is 2.18 bits per heavy atom. The lowest BCUT2D eigenvalue weighted by Crippen LogP contribution is -2.44. The maximum Gasteiger partial charge on any atom is 0.319 e. The summed E-state index contributed by atoms with van der Waals surface area (Å²) in [6.45, 7) is 8.74. The van der Waals surface area contributed by atoms with Gasteiger partial charge in [-0.25, -0.2) is 8.78 Å². The zero-order valence-electron chi connectivity index (χ0n) is 27.4. The minimum atomic E-state index is -0.908. The summed E-state index contributed by atoms with van der Waals surface area (Å²) < 4.78 is 36.1. The number of likely N-dealkylation sites (tertiary alicyclic amines) is 1. The molecule has 0 amide bonds. The van der Waals surface area contributed by atoms with Gasteiger partial charge < -0.3 is 15.4 Å². The van der Waals surface area contributed by atoms with Crippen molar-refractivity contribution in [3.8, 4) is 23.3 Å². The number of aldehydes is 1. The molecule has 0 spiro atoms. The Morgan fingerprint density at radius 1 is 1.37 bits per heavy atom. The number of halogens is 3. The highest BCUT2D eigenvalue weighted by Crippen LogP contribution is 2.45. The Hall–Kier alpha value is -3.96. The van der Waals surface area contributed by atoms with Crippen LogP contribution in [0.1, 0.15) is 44.6 Å². The van der Waals surface area contributed by atoms with Crippen LogP contribution < -0.4 is 15.4 Å². The van der Waals surface area contributed by atoms with Crippen LogP contribution in [0.5, 0.6) is 6.01 Å². The summed E-state index contributed by atoms with van der Waals surface area (Å²) in [5, 5.41) is 11.2. The van der Waals surface area contributed by atoms with Crippen molar-refractivity contribution in [3.05, 3.63) is 46.9 Å². The summed E-state index contributed by atoms with van der Waals surface area (Å²) in [6.07, 6.45) is 5.40. The van der Waals surface area contributed by atoms with Gasteiger partial charge >= 0.3 is 6.01 Å². The summed E-state index contributed by atoms with van der Waals surface area (Å²) in [5.41, 5.74) is 7.54. The van der Waals surface area contributed by atoms with Crippen molar-refractivity contribution in [1.82, 2.24) is 24.8 Å². The number of nitrogens with two attached hydrogens (primary N) is 1. The average Bonchev–Trinajstić information content (AvgIpc) is 3.84. The molecule has 3 saturated heterocycles. The van der Waals surface area contributed by atoms with Crippen molar-refractivity contribution >= 4 is 61.0 Å². The number of carbonyl (C=O) groups is 1. The highest BCUT2D eigenvalue weighted by atomic mass is 35.5. The molecule has 0 saturated carbocycles. The summed E-state index contributed by atoms with van der Waals surface area (Å²) in [7, 11) is 1.97. The average molecular weight is 707 g/mol. The number of anilines is 2. The Kier molecular flexibility index (Phi) is 8.94. The zero-order valence-corrected chi connectivity index (χ0v) is 29.0. The molecule has 0 radical (unpaired) electrons. The molecule has 3 aromatic heterocycles. The Morgan fingerprint density at radius 3 is 2.94 bits per heavy atom. The first-order valence-electron chi connectivity index (χ1n) is 16.5. The smallest absolute Gasteiger partial charge is 0.319 e. The molecule has 2 N–H and O–H groups in total. The van der Waals surface area contributed by atoms with Gasteiger partial charge in [0, 0.05) is 62.3 Å². The highest BCUT2D eigenvalue weighted by molar-refractivity contribution is 7.23. The van der Waals surface area contributed by atoms with Gasteiger partial charge in [0.2, 0.25) is 0 Å². The molecule has 10 nitrogen and oxygen atoms in total. The first-order valence-corrected chi connectivity index (χ1v) is 17.7. The number of alkyl halides is 1. The predicted octanol–water partition coefficient (Wildman–Crippen LogP) is 6.15. The van der Waals surface area contributed by atoms with E-state index in [1.807, 2.05) is 7.05 Å². The molecule has 14 heteroatoms. The van der Waals surface area contributed by atoms with Gasteiger partial charge in [-0.05, 0) is 49.9 Å². The van der Waals surface area contributed by atoms with Gasteiger partial charge in [0.05, 0.1) is 31.9 Å². The van der Waals surface area contributed by atoms with Crippen LogP contribution in [0.2, 0.25) is 5.02 Å². The molecule has 4 aromatic rings. The van der Waals surface area contributed by atoms with Gasteiger partial charge in [-0.2, -0.15) is 15.2 Å². The molecule has 3 aliphatic heterocycles. The van der Waals surface area contributed by atoms with Gasteiger partial charge in [-0.1, -0.05) is 25.1 Å². The van der Waals surface area contributed by atoms with Crippen LogP contribution in [0.3, 0.4) is 0 Å². The Balaban J connectivity index is 1.34. The maximum atomic E-state index is 14.9. The van der Waals surface area contributed by atoms with E-state index in [9.17, 15) is 18.8 Å². The van der Waals surface area contributed by atoms with Crippen LogP contribution >= 0.6 is 22.9 Å². The second-order valence-electron chi connectivity index (χ2n) is 13.3.